The number of nitrogens with one attached hydrogen (secondary N) is 1. The highest BCUT2D eigenvalue weighted by Crippen LogP contribution is 2.31. The minimum atomic E-state index is -0.611. The molecule has 0 fully saturated rings. The molecule has 0 aliphatic heterocycles. The minimum Gasteiger partial charge on any atom is -0.350 e. The number of hydrogen-bond donors (Lipinski definition) is 2. The van der Waals surface area contributed by atoms with Crippen LogP contribution in [0.1, 0.15) is 13.3 Å². The highest BCUT2D eigenvalue weighted by atomic mass is 16.6. The lowest BCUT2D eigenvalue weighted by Gasteiger charge is -2.23. The number of rotatable bonds is 5. The van der Waals surface area contributed by atoms with Crippen LogP contribution in [-0.4, -0.2) is 28.0 Å². The Morgan fingerprint density at radius 3 is 2.89 bits per heavy atom. The van der Waals surface area contributed by atoms with E-state index in [1.165, 1.54) is 6.33 Å². The van der Waals surface area contributed by atoms with Crippen LogP contribution >= 0.6 is 0 Å². The summed E-state index contributed by atoms with van der Waals surface area (Å²) in [5, 5.41) is 19.7. The molecule has 0 amide bonds. The van der Waals surface area contributed by atoms with E-state index in [4.69, 9.17) is 11.1 Å². The van der Waals surface area contributed by atoms with Crippen molar-refractivity contribution in [3.63, 3.8) is 0 Å². The molecule has 1 rings (SSSR count). The van der Waals surface area contributed by atoms with Gasteiger partial charge in [0.2, 0.25) is 11.6 Å². The first kappa shape index (κ1) is 13.6. The van der Waals surface area contributed by atoms with Crippen LogP contribution in [0.2, 0.25) is 0 Å². The molecule has 0 saturated carbocycles. The molecule has 9 nitrogen and oxygen atoms in total. The second-order valence-corrected chi connectivity index (χ2v) is 3.62. The molecule has 0 aliphatic carbocycles. The average molecular weight is 251 g/mol. The van der Waals surface area contributed by atoms with Crippen LogP contribution in [0.15, 0.2) is 6.33 Å². The van der Waals surface area contributed by atoms with Crippen molar-refractivity contribution in [3.05, 3.63) is 16.4 Å². The number of aromatic nitrogens is 2. The number of nitro groups is 1. The first-order chi connectivity index (χ1) is 8.52. The maximum absolute atomic E-state index is 11.0. The summed E-state index contributed by atoms with van der Waals surface area (Å²) in [5.41, 5.74) is 1.85. The molecule has 3 N–H and O–H groups in total. The first-order valence-electron chi connectivity index (χ1n) is 5.08. The highest BCUT2D eigenvalue weighted by Gasteiger charge is 2.26. The predicted octanol–water partition coefficient (Wildman–Crippen LogP) is 0.409. The van der Waals surface area contributed by atoms with Gasteiger partial charge in [0.15, 0.2) is 0 Å². The van der Waals surface area contributed by atoms with E-state index < -0.39 is 4.92 Å². The van der Waals surface area contributed by atoms with Crippen molar-refractivity contribution >= 4 is 17.3 Å². The molecule has 1 aromatic rings. The molecule has 0 radical (unpaired) electrons. The van der Waals surface area contributed by atoms with Gasteiger partial charge in [0.1, 0.15) is 6.33 Å². The summed E-state index contributed by atoms with van der Waals surface area (Å²) in [6.45, 7) is 1.77. The molecule has 1 aromatic heterocycles. The Morgan fingerprint density at radius 2 is 2.39 bits per heavy atom. The van der Waals surface area contributed by atoms with Gasteiger partial charge in [0.05, 0.1) is 17.4 Å². The molecule has 0 aromatic carbocycles. The van der Waals surface area contributed by atoms with Gasteiger partial charge in [0.25, 0.3) is 0 Å². The third kappa shape index (κ3) is 2.61. The fraction of sp³-hybridized carbons (Fsp3) is 0.444. The van der Waals surface area contributed by atoms with E-state index >= 15 is 0 Å². The van der Waals surface area contributed by atoms with Crippen LogP contribution in [0, 0.1) is 21.4 Å². The first-order valence-corrected chi connectivity index (χ1v) is 5.08. The number of nitriles is 1. The van der Waals surface area contributed by atoms with Crippen molar-refractivity contribution in [2.24, 2.45) is 5.84 Å². The van der Waals surface area contributed by atoms with E-state index in [9.17, 15) is 10.1 Å². The van der Waals surface area contributed by atoms with Crippen LogP contribution in [0.4, 0.5) is 17.3 Å². The summed E-state index contributed by atoms with van der Waals surface area (Å²) in [6.07, 6.45) is 1.40. The zero-order valence-electron chi connectivity index (χ0n) is 9.99. The number of nitrogens with zero attached hydrogens (tertiary/aromatic N) is 5. The van der Waals surface area contributed by atoms with E-state index in [1.807, 2.05) is 6.07 Å². The molecule has 18 heavy (non-hydrogen) atoms. The van der Waals surface area contributed by atoms with Gasteiger partial charge in [-0.2, -0.15) is 5.26 Å². The third-order valence-electron chi connectivity index (χ3n) is 2.50. The van der Waals surface area contributed by atoms with Crippen molar-refractivity contribution in [3.8, 4) is 6.07 Å². The molecular weight excluding hydrogens is 238 g/mol. The largest absolute Gasteiger partial charge is 0.354 e. The lowest BCUT2D eigenvalue weighted by molar-refractivity contribution is -0.383. The summed E-state index contributed by atoms with van der Waals surface area (Å²) >= 11 is 0. The second kappa shape index (κ2) is 5.74. The lowest BCUT2D eigenvalue weighted by Crippen LogP contribution is -2.30. The molecule has 9 heteroatoms. The average Bonchev–Trinajstić information content (AvgIpc) is 2.36. The minimum absolute atomic E-state index is 0.0685. The van der Waals surface area contributed by atoms with Crippen LogP contribution in [0.3, 0.4) is 0 Å². The Bertz CT molecular complexity index is 484. The SMILES string of the molecule is CC(CC#N)N(C)c1ncnc(NN)c1[N+](=O)[O-]. The van der Waals surface area contributed by atoms with Crippen LogP contribution in [0.5, 0.6) is 0 Å². The third-order valence-corrected chi connectivity index (χ3v) is 2.50. The van der Waals surface area contributed by atoms with Gasteiger partial charge in [-0.15, -0.1) is 0 Å². The maximum Gasteiger partial charge on any atom is 0.354 e. The molecule has 0 bridgehead atoms. The summed E-state index contributed by atoms with van der Waals surface area (Å²) in [6, 6.07) is 1.79. The summed E-state index contributed by atoms with van der Waals surface area (Å²) < 4.78 is 0. The molecule has 0 saturated heterocycles. The number of nitrogens with two attached hydrogens (primary N) is 1. The molecule has 0 spiro atoms. The summed E-state index contributed by atoms with van der Waals surface area (Å²) in [5.74, 6) is 5.22. The monoisotopic (exact) mass is 251 g/mol. The van der Waals surface area contributed by atoms with Gasteiger partial charge in [-0.25, -0.2) is 15.8 Å². The number of anilines is 2. The summed E-state index contributed by atoms with van der Waals surface area (Å²) in [7, 11) is 1.62. The Kier molecular flexibility index (Phi) is 4.33. The highest BCUT2D eigenvalue weighted by molar-refractivity contribution is 5.69. The van der Waals surface area contributed by atoms with Crippen LogP contribution in [0.25, 0.3) is 0 Å². The van der Waals surface area contributed by atoms with Gasteiger partial charge in [-0.05, 0) is 6.92 Å². The number of hydrogen-bond acceptors (Lipinski definition) is 8. The van der Waals surface area contributed by atoms with E-state index in [0.29, 0.717) is 0 Å². The number of nitrogen functional groups attached to an aromatic ring is 1. The van der Waals surface area contributed by atoms with Crippen molar-refractivity contribution in [2.45, 2.75) is 19.4 Å². The van der Waals surface area contributed by atoms with Gasteiger partial charge in [-0.3, -0.25) is 10.1 Å². The van der Waals surface area contributed by atoms with E-state index in [-0.39, 0.29) is 29.8 Å². The zero-order chi connectivity index (χ0) is 13.7. The van der Waals surface area contributed by atoms with Crippen molar-refractivity contribution in [1.82, 2.24) is 9.97 Å². The molecule has 0 aliphatic rings. The molecule has 1 unspecified atom stereocenters. The van der Waals surface area contributed by atoms with Crippen molar-refractivity contribution < 1.29 is 4.92 Å². The lowest BCUT2D eigenvalue weighted by atomic mass is 10.2. The van der Waals surface area contributed by atoms with Crippen LogP contribution < -0.4 is 16.2 Å². The van der Waals surface area contributed by atoms with Gasteiger partial charge in [0, 0.05) is 13.1 Å². The van der Waals surface area contributed by atoms with Crippen molar-refractivity contribution in [2.75, 3.05) is 17.4 Å². The summed E-state index contributed by atoms with van der Waals surface area (Å²) in [4.78, 5) is 19.5. The standard InChI is InChI=1S/C9H13N7O2/c1-6(3-4-10)15(2)9-7(16(17)18)8(14-11)12-5-13-9/h5-6H,3,11H2,1-2H3,(H,12,13,14). The Balaban J connectivity index is 3.24. The quantitative estimate of drug-likeness (QED) is 0.436. The van der Waals surface area contributed by atoms with Gasteiger partial charge in [-0.1, -0.05) is 0 Å². The van der Waals surface area contributed by atoms with E-state index in [2.05, 4.69) is 15.4 Å². The maximum atomic E-state index is 11.0. The normalized spacial score (nSPS) is 11.4. The second-order valence-electron chi connectivity index (χ2n) is 3.62. The van der Waals surface area contributed by atoms with Crippen LogP contribution in [-0.2, 0) is 0 Å². The predicted molar refractivity (Wildman–Crippen MR) is 64.6 cm³/mol. The Hall–Kier alpha value is -2.47. The topological polar surface area (TPSA) is 134 Å². The van der Waals surface area contributed by atoms with Gasteiger partial charge >= 0.3 is 5.69 Å². The molecule has 1 atom stereocenters. The zero-order valence-corrected chi connectivity index (χ0v) is 9.99. The number of hydrazine groups is 1. The van der Waals surface area contributed by atoms with Gasteiger partial charge < -0.3 is 10.3 Å². The van der Waals surface area contributed by atoms with E-state index in [1.54, 1.807) is 18.9 Å². The Morgan fingerprint density at radius 1 is 1.72 bits per heavy atom. The van der Waals surface area contributed by atoms with Crippen molar-refractivity contribution in [1.29, 1.82) is 5.26 Å². The molecule has 96 valence electrons. The van der Waals surface area contributed by atoms with E-state index in [0.717, 1.165) is 0 Å². The fourth-order valence-electron chi connectivity index (χ4n) is 1.38. The molecule has 1 heterocycles. The fourth-order valence-corrected chi connectivity index (χ4v) is 1.38. The smallest absolute Gasteiger partial charge is 0.350 e. The Labute approximate surface area is 103 Å². The molecular formula is C9H13N7O2.